The first-order chi connectivity index (χ1) is 17.8. The molecule has 0 amide bonds. The summed E-state index contributed by atoms with van der Waals surface area (Å²) in [6.07, 6.45) is 10.0. The van der Waals surface area contributed by atoms with Crippen LogP contribution < -0.4 is 0 Å². The second-order valence-electron chi connectivity index (χ2n) is 9.47. The summed E-state index contributed by atoms with van der Waals surface area (Å²) in [4.78, 5) is 6.56. The van der Waals surface area contributed by atoms with Gasteiger partial charge < -0.3 is 0 Å². The molecule has 2 atom stereocenters. The van der Waals surface area contributed by atoms with E-state index >= 15 is 0 Å². The molecule has 1 aliphatic heterocycles. The van der Waals surface area contributed by atoms with Crippen molar-refractivity contribution in [2.24, 2.45) is 0 Å². The molecule has 2 aliphatic rings. The van der Waals surface area contributed by atoms with Crippen LogP contribution in [0.3, 0.4) is 0 Å². The number of thioether (sulfide) groups is 1. The molecule has 36 heavy (non-hydrogen) atoms. The Morgan fingerprint density at radius 2 is 1.61 bits per heavy atom. The van der Waals surface area contributed by atoms with Crippen LogP contribution in [0.15, 0.2) is 120 Å². The van der Waals surface area contributed by atoms with Gasteiger partial charge in [-0.25, -0.2) is 4.98 Å². The first-order valence-electron chi connectivity index (χ1n) is 12.6. The van der Waals surface area contributed by atoms with Crippen LogP contribution >= 0.6 is 11.8 Å². The molecule has 2 unspecified atom stereocenters. The molecule has 174 valence electrons. The SMILES string of the molecule is CCc1cc(-c2cccc3c2SC2C=CC=CC32)cc(-c2nc3ccccc3n2-c2ccccc2)c1. The lowest BCUT2D eigenvalue weighted by atomic mass is 9.89. The number of para-hydroxylation sites is 3. The van der Waals surface area contributed by atoms with Gasteiger partial charge in [-0.2, -0.15) is 0 Å². The van der Waals surface area contributed by atoms with E-state index in [2.05, 4.69) is 127 Å². The predicted octanol–water partition coefficient (Wildman–Crippen LogP) is 8.61. The molecule has 0 radical (unpaired) electrons. The fraction of sp³-hybridized carbons (Fsp3) is 0.121. The van der Waals surface area contributed by atoms with E-state index in [1.165, 1.54) is 27.1 Å². The molecule has 3 heteroatoms. The van der Waals surface area contributed by atoms with Crippen molar-refractivity contribution in [3.8, 4) is 28.2 Å². The van der Waals surface area contributed by atoms with Gasteiger partial charge in [0.25, 0.3) is 0 Å². The van der Waals surface area contributed by atoms with Crippen LogP contribution in [0.5, 0.6) is 0 Å². The third kappa shape index (κ3) is 3.46. The van der Waals surface area contributed by atoms with E-state index in [1.54, 1.807) is 0 Å². The third-order valence-corrected chi connectivity index (χ3v) is 8.70. The van der Waals surface area contributed by atoms with Crippen molar-refractivity contribution in [3.05, 3.63) is 126 Å². The summed E-state index contributed by atoms with van der Waals surface area (Å²) in [5.74, 6) is 1.45. The molecular weight excluding hydrogens is 456 g/mol. The van der Waals surface area contributed by atoms with Crippen molar-refractivity contribution >= 4 is 22.8 Å². The monoisotopic (exact) mass is 482 g/mol. The zero-order chi connectivity index (χ0) is 24.1. The topological polar surface area (TPSA) is 17.8 Å². The number of hydrogen-bond donors (Lipinski definition) is 0. The van der Waals surface area contributed by atoms with Gasteiger partial charge in [-0.15, -0.1) is 11.8 Å². The van der Waals surface area contributed by atoms with Crippen molar-refractivity contribution in [3.63, 3.8) is 0 Å². The summed E-state index contributed by atoms with van der Waals surface area (Å²) >= 11 is 2.00. The maximum atomic E-state index is 5.14. The highest BCUT2D eigenvalue weighted by Gasteiger charge is 2.32. The second-order valence-corrected chi connectivity index (χ2v) is 10.7. The Balaban J connectivity index is 1.44. The van der Waals surface area contributed by atoms with Crippen LogP contribution in [0.2, 0.25) is 0 Å². The first-order valence-corrected chi connectivity index (χ1v) is 13.5. The number of benzene rings is 4. The largest absolute Gasteiger partial charge is 0.292 e. The fourth-order valence-electron chi connectivity index (χ4n) is 5.53. The molecule has 0 fully saturated rings. The van der Waals surface area contributed by atoms with Crippen molar-refractivity contribution in [2.75, 3.05) is 0 Å². The van der Waals surface area contributed by atoms with Gasteiger partial charge in [0, 0.05) is 27.3 Å². The molecule has 5 aromatic rings. The standard InChI is InChI=1S/C33H26N2S/c1-2-22-19-23(26-14-10-15-28-27-13-6-9-18-31(27)36-32(26)28)21-24(20-22)33-34-29-16-7-8-17-30(29)35(33)25-11-4-3-5-12-25/h3-21,27,31H,2H2,1H3. The molecule has 0 saturated carbocycles. The minimum atomic E-state index is 0.464. The lowest BCUT2D eigenvalue weighted by molar-refractivity contribution is 0.881. The summed E-state index contributed by atoms with van der Waals surface area (Å²) in [6, 6.07) is 32.8. The van der Waals surface area contributed by atoms with Crippen molar-refractivity contribution in [1.82, 2.24) is 9.55 Å². The summed E-state index contributed by atoms with van der Waals surface area (Å²) in [5.41, 5.74) is 9.79. The van der Waals surface area contributed by atoms with E-state index in [9.17, 15) is 0 Å². The average Bonchev–Trinajstić information content (AvgIpc) is 3.52. The molecule has 4 aromatic carbocycles. The Hall–Kier alpha value is -3.82. The lowest BCUT2D eigenvalue weighted by Crippen LogP contribution is -2.06. The number of aryl methyl sites for hydroxylation is 1. The minimum Gasteiger partial charge on any atom is -0.292 e. The summed E-state index contributed by atoms with van der Waals surface area (Å²) in [6.45, 7) is 2.23. The van der Waals surface area contributed by atoms with Gasteiger partial charge in [-0.05, 0) is 65.1 Å². The van der Waals surface area contributed by atoms with Gasteiger partial charge in [0.2, 0.25) is 0 Å². The zero-order valence-electron chi connectivity index (χ0n) is 20.1. The van der Waals surface area contributed by atoms with Gasteiger partial charge in [-0.1, -0.05) is 85.8 Å². The normalized spacial score (nSPS) is 17.9. The molecule has 0 bridgehead atoms. The van der Waals surface area contributed by atoms with Gasteiger partial charge in [0.1, 0.15) is 5.82 Å². The third-order valence-electron chi connectivity index (χ3n) is 7.29. The average molecular weight is 483 g/mol. The maximum Gasteiger partial charge on any atom is 0.145 e. The quantitative estimate of drug-likeness (QED) is 0.255. The Morgan fingerprint density at radius 1 is 0.806 bits per heavy atom. The maximum absolute atomic E-state index is 5.14. The van der Waals surface area contributed by atoms with E-state index in [0.717, 1.165) is 34.5 Å². The van der Waals surface area contributed by atoms with E-state index in [0.29, 0.717) is 11.2 Å². The van der Waals surface area contributed by atoms with Crippen LogP contribution in [0.4, 0.5) is 0 Å². The van der Waals surface area contributed by atoms with E-state index < -0.39 is 0 Å². The number of imidazole rings is 1. The van der Waals surface area contributed by atoms with Gasteiger partial charge >= 0.3 is 0 Å². The number of nitrogens with zero attached hydrogens (tertiary/aromatic N) is 2. The number of rotatable bonds is 4. The molecule has 0 N–H and O–H groups in total. The van der Waals surface area contributed by atoms with Crippen LogP contribution in [-0.4, -0.2) is 14.8 Å². The Kier molecular flexibility index (Phi) is 5.18. The molecule has 2 heterocycles. The smallest absolute Gasteiger partial charge is 0.145 e. The highest BCUT2D eigenvalue weighted by molar-refractivity contribution is 8.00. The Morgan fingerprint density at radius 3 is 2.50 bits per heavy atom. The minimum absolute atomic E-state index is 0.464. The number of hydrogen-bond acceptors (Lipinski definition) is 2. The van der Waals surface area contributed by atoms with Crippen molar-refractivity contribution in [1.29, 1.82) is 0 Å². The number of aromatic nitrogens is 2. The lowest BCUT2D eigenvalue weighted by Gasteiger charge is -2.15. The summed E-state index contributed by atoms with van der Waals surface area (Å²) in [7, 11) is 0. The van der Waals surface area contributed by atoms with Crippen molar-refractivity contribution < 1.29 is 0 Å². The molecule has 1 aliphatic carbocycles. The van der Waals surface area contributed by atoms with Crippen LogP contribution in [0, 0.1) is 0 Å². The van der Waals surface area contributed by atoms with Crippen LogP contribution in [0.25, 0.3) is 39.2 Å². The fourth-order valence-corrected chi connectivity index (χ4v) is 7.01. The molecule has 1 aromatic heterocycles. The van der Waals surface area contributed by atoms with Crippen LogP contribution in [0.1, 0.15) is 24.0 Å². The Bertz CT molecular complexity index is 1660. The summed E-state index contributed by atoms with van der Waals surface area (Å²) < 4.78 is 2.29. The first kappa shape index (κ1) is 21.5. The molecule has 7 rings (SSSR count). The molecule has 0 saturated heterocycles. The van der Waals surface area contributed by atoms with E-state index in [-0.39, 0.29) is 0 Å². The number of fused-ring (bicyclic) bond motifs is 4. The molecule has 2 nitrogen and oxygen atoms in total. The number of allylic oxidation sites excluding steroid dienone is 3. The van der Waals surface area contributed by atoms with Gasteiger partial charge in [0.05, 0.1) is 11.0 Å². The predicted molar refractivity (Wildman–Crippen MR) is 152 cm³/mol. The highest BCUT2D eigenvalue weighted by atomic mass is 32.2. The van der Waals surface area contributed by atoms with Crippen molar-refractivity contribution in [2.45, 2.75) is 29.4 Å². The Labute approximate surface area is 216 Å². The van der Waals surface area contributed by atoms with E-state index in [4.69, 9.17) is 4.98 Å². The van der Waals surface area contributed by atoms with Crippen LogP contribution in [-0.2, 0) is 6.42 Å². The van der Waals surface area contributed by atoms with Gasteiger partial charge in [-0.3, -0.25) is 4.57 Å². The highest BCUT2D eigenvalue weighted by Crippen LogP contribution is 2.51. The van der Waals surface area contributed by atoms with E-state index in [1.807, 2.05) is 11.8 Å². The summed E-state index contributed by atoms with van der Waals surface area (Å²) in [5, 5.41) is 0.488. The zero-order valence-corrected chi connectivity index (χ0v) is 21.0. The molecule has 0 spiro atoms. The second kappa shape index (κ2) is 8.69. The molecular formula is C33H26N2S. The van der Waals surface area contributed by atoms with Gasteiger partial charge in [0.15, 0.2) is 0 Å².